The zero-order valence-electron chi connectivity index (χ0n) is 17.4. The molecule has 1 fully saturated rings. The lowest BCUT2D eigenvalue weighted by Gasteiger charge is -2.31. The molecule has 172 valence electrons. The third-order valence-electron chi connectivity index (χ3n) is 5.44. The van der Waals surface area contributed by atoms with Gasteiger partial charge in [0.05, 0.1) is 5.56 Å². The minimum Gasteiger partial charge on any atom is -0.354 e. The lowest BCUT2D eigenvalue weighted by atomic mass is 9.95. The molecule has 1 aliphatic rings. The molecule has 1 saturated heterocycles. The Morgan fingerprint density at radius 3 is 2.31 bits per heavy atom. The standard InChI is InChI=1S/C23H25ClF3N3O2/c24-20-6-4-16(5-7-20)15-30-12-8-17(9-13-30)21(31)28-10-11-29-22(32)18-2-1-3-19(14-18)23(25,26)27/h1-7,14,17H,8-13,15H2,(H,28,31)(H,29,32). The van der Waals surface area contributed by atoms with E-state index in [4.69, 9.17) is 11.6 Å². The van der Waals surface area contributed by atoms with Crippen LogP contribution in [0.1, 0.15) is 34.3 Å². The van der Waals surface area contributed by atoms with Gasteiger partial charge >= 0.3 is 6.18 Å². The van der Waals surface area contributed by atoms with E-state index < -0.39 is 17.6 Å². The predicted molar refractivity (Wildman–Crippen MR) is 116 cm³/mol. The maximum Gasteiger partial charge on any atom is 0.416 e. The van der Waals surface area contributed by atoms with Gasteiger partial charge in [-0.1, -0.05) is 29.8 Å². The van der Waals surface area contributed by atoms with Gasteiger partial charge in [-0.2, -0.15) is 13.2 Å². The fraction of sp³-hybridized carbons (Fsp3) is 0.391. The summed E-state index contributed by atoms with van der Waals surface area (Å²) in [6, 6.07) is 12.0. The van der Waals surface area contributed by atoms with Crippen LogP contribution in [0.3, 0.4) is 0 Å². The van der Waals surface area contributed by atoms with Crippen LogP contribution in [0.15, 0.2) is 48.5 Å². The van der Waals surface area contributed by atoms with Gasteiger partial charge in [0, 0.05) is 36.1 Å². The fourth-order valence-corrected chi connectivity index (χ4v) is 3.77. The molecule has 0 spiro atoms. The number of nitrogens with zero attached hydrogens (tertiary/aromatic N) is 1. The Bertz CT molecular complexity index is 927. The monoisotopic (exact) mass is 467 g/mol. The number of likely N-dealkylation sites (tertiary alicyclic amines) is 1. The Morgan fingerprint density at radius 2 is 1.66 bits per heavy atom. The Morgan fingerprint density at radius 1 is 1.00 bits per heavy atom. The van der Waals surface area contributed by atoms with Crippen molar-refractivity contribution in [2.45, 2.75) is 25.6 Å². The summed E-state index contributed by atoms with van der Waals surface area (Å²) < 4.78 is 38.3. The number of hydrogen-bond acceptors (Lipinski definition) is 3. The number of halogens is 4. The number of nitrogens with one attached hydrogen (secondary N) is 2. The molecule has 2 aromatic rings. The summed E-state index contributed by atoms with van der Waals surface area (Å²) in [6.45, 7) is 2.79. The molecule has 0 bridgehead atoms. The number of benzene rings is 2. The molecule has 1 heterocycles. The summed E-state index contributed by atoms with van der Waals surface area (Å²) in [5.41, 5.74) is 0.230. The van der Waals surface area contributed by atoms with E-state index in [1.165, 1.54) is 17.7 Å². The van der Waals surface area contributed by atoms with E-state index in [1.54, 1.807) is 0 Å². The Kier molecular flexibility index (Phi) is 8.15. The van der Waals surface area contributed by atoms with E-state index >= 15 is 0 Å². The van der Waals surface area contributed by atoms with Gasteiger partial charge in [0.15, 0.2) is 0 Å². The highest BCUT2D eigenvalue weighted by atomic mass is 35.5. The maximum atomic E-state index is 12.8. The average Bonchev–Trinajstić information content (AvgIpc) is 2.78. The Balaban J connectivity index is 1.36. The number of amides is 2. The second-order valence-electron chi connectivity index (χ2n) is 7.80. The smallest absolute Gasteiger partial charge is 0.354 e. The number of carbonyl (C=O) groups excluding carboxylic acids is 2. The normalized spacial score (nSPS) is 15.4. The summed E-state index contributed by atoms with van der Waals surface area (Å²) in [5, 5.41) is 6.04. The van der Waals surface area contributed by atoms with Crippen molar-refractivity contribution in [1.29, 1.82) is 0 Å². The lowest BCUT2D eigenvalue weighted by molar-refractivity contribution is -0.137. The van der Waals surface area contributed by atoms with Crippen molar-refractivity contribution in [2.75, 3.05) is 26.2 Å². The first-order chi connectivity index (χ1) is 15.2. The van der Waals surface area contributed by atoms with Crippen molar-refractivity contribution in [2.24, 2.45) is 5.92 Å². The van der Waals surface area contributed by atoms with Gasteiger partial charge in [-0.3, -0.25) is 14.5 Å². The van der Waals surface area contributed by atoms with Gasteiger partial charge in [0.2, 0.25) is 5.91 Å². The molecule has 0 atom stereocenters. The first-order valence-electron chi connectivity index (χ1n) is 10.4. The number of carbonyl (C=O) groups is 2. The molecule has 0 aromatic heterocycles. The third kappa shape index (κ3) is 6.97. The quantitative estimate of drug-likeness (QED) is 0.602. The van der Waals surface area contributed by atoms with Crippen LogP contribution in [0.2, 0.25) is 5.02 Å². The van der Waals surface area contributed by atoms with E-state index in [0.717, 1.165) is 44.6 Å². The first-order valence-corrected chi connectivity index (χ1v) is 10.8. The zero-order valence-corrected chi connectivity index (χ0v) is 18.2. The van der Waals surface area contributed by atoms with Gasteiger partial charge in [0.25, 0.3) is 5.91 Å². The molecule has 1 aliphatic heterocycles. The Hall–Kier alpha value is -2.58. The number of piperidine rings is 1. The van der Waals surface area contributed by atoms with Gasteiger partial charge < -0.3 is 10.6 Å². The van der Waals surface area contributed by atoms with E-state index in [1.807, 2.05) is 24.3 Å². The molecular weight excluding hydrogens is 443 g/mol. The molecule has 32 heavy (non-hydrogen) atoms. The molecule has 0 radical (unpaired) electrons. The van der Waals surface area contributed by atoms with E-state index in [-0.39, 0.29) is 30.5 Å². The summed E-state index contributed by atoms with van der Waals surface area (Å²) in [7, 11) is 0. The number of hydrogen-bond donors (Lipinski definition) is 2. The molecule has 5 nitrogen and oxygen atoms in total. The second kappa shape index (κ2) is 10.8. The highest BCUT2D eigenvalue weighted by Crippen LogP contribution is 2.29. The van der Waals surface area contributed by atoms with Gasteiger partial charge in [0.1, 0.15) is 0 Å². The van der Waals surface area contributed by atoms with Crippen LogP contribution in [-0.4, -0.2) is 42.9 Å². The maximum absolute atomic E-state index is 12.8. The molecule has 2 amide bonds. The van der Waals surface area contributed by atoms with Gasteiger partial charge in [-0.25, -0.2) is 0 Å². The predicted octanol–water partition coefficient (Wildman–Crippen LogP) is 4.12. The fourth-order valence-electron chi connectivity index (χ4n) is 3.65. The number of alkyl halides is 3. The third-order valence-corrected chi connectivity index (χ3v) is 5.69. The number of rotatable bonds is 7. The molecule has 0 saturated carbocycles. The minimum atomic E-state index is -4.51. The molecule has 2 N–H and O–H groups in total. The topological polar surface area (TPSA) is 61.4 Å². The van der Waals surface area contributed by atoms with Crippen LogP contribution >= 0.6 is 11.6 Å². The van der Waals surface area contributed by atoms with Crippen LogP contribution in [0.5, 0.6) is 0 Å². The van der Waals surface area contributed by atoms with Crippen LogP contribution < -0.4 is 10.6 Å². The summed E-state index contributed by atoms with van der Waals surface area (Å²) >= 11 is 5.91. The SMILES string of the molecule is O=C(NCCNC(=O)C1CCN(Cc2ccc(Cl)cc2)CC1)c1cccc(C(F)(F)F)c1. The van der Waals surface area contributed by atoms with Crippen molar-refractivity contribution in [3.63, 3.8) is 0 Å². The molecule has 2 aromatic carbocycles. The second-order valence-corrected chi connectivity index (χ2v) is 8.24. The van der Waals surface area contributed by atoms with Crippen molar-refractivity contribution in [3.8, 4) is 0 Å². The van der Waals surface area contributed by atoms with Crippen LogP contribution in [0.4, 0.5) is 13.2 Å². The Labute approximate surface area is 189 Å². The summed E-state index contributed by atoms with van der Waals surface area (Å²) in [6.07, 6.45) is -3.01. The average molecular weight is 468 g/mol. The van der Waals surface area contributed by atoms with Gasteiger partial charge in [-0.15, -0.1) is 0 Å². The highest BCUT2D eigenvalue weighted by molar-refractivity contribution is 6.30. The van der Waals surface area contributed by atoms with Crippen LogP contribution in [0.25, 0.3) is 0 Å². The summed E-state index contributed by atoms with van der Waals surface area (Å²) in [4.78, 5) is 26.8. The summed E-state index contributed by atoms with van der Waals surface area (Å²) in [5.74, 6) is -0.763. The molecule has 9 heteroatoms. The van der Waals surface area contributed by atoms with Crippen molar-refractivity contribution < 1.29 is 22.8 Å². The van der Waals surface area contributed by atoms with E-state index in [0.29, 0.717) is 5.02 Å². The highest BCUT2D eigenvalue weighted by Gasteiger charge is 2.31. The molecule has 0 unspecified atom stereocenters. The van der Waals surface area contributed by atoms with Crippen molar-refractivity contribution in [1.82, 2.24) is 15.5 Å². The van der Waals surface area contributed by atoms with E-state index in [2.05, 4.69) is 15.5 Å². The van der Waals surface area contributed by atoms with Crippen molar-refractivity contribution in [3.05, 3.63) is 70.2 Å². The van der Waals surface area contributed by atoms with Crippen LogP contribution in [-0.2, 0) is 17.5 Å². The first kappa shape index (κ1) is 24.1. The largest absolute Gasteiger partial charge is 0.416 e. The van der Waals surface area contributed by atoms with Crippen LogP contribution in [0, 0.1) is 5.92 Å². The van der Waals surface area contributed by atoms with E-state index in [9.17, 15) is 22.8 Å². The zero-order chi connectivity index (χ0) is 23.1. The minimum absolute atomic E-state index is 0.0653. The molecule has 0 aliphatic carbocycles. The molecular formula is C23H25ClF3N3O2. The van der Waals surface area contributed by atoms with Crippen molar-refractivity contribution >= 4 is 23.4 Å². The van der Waals surface area contributed by atoms with Gasteiger partial charge in [-0.05, 0) is 61.8 Å². The lowest BCUT2D eigenvalue weighted by Crippen LogP contribution is -2.42. The molecule has 3 rings (SSSR count).